The minimum Gasteiger partial charge on any atom is -0.303 e. The molecular weight excluding hydrogens is 268 g/mol. The van der Waals surface area contributed by atoms with Gasteiger partial charge in [0.25, 0.3) is 0 Å². The van der Waals surface area contributed by atoms with Crippen LogP contribution in [-0.4, -0.2) is 10.2 Å². The molecular formula is C12H14N2S3. The van der Waals surface area contributed by atoms with Crippen molar-refractivity contribution in [1.82, 2.24) is 10.3 Å². The van der Waals surface area contributed by atoms with Gasteiger partial charge >= 0.3 is 0 Å². The van der Waals surface area contributed by atoms with E-state index >= 15 is 0 Å². The highest BCUT2D eigenvalue weighted by Gasteiger charge is 2.25. The maximum Gasteiger partial charge on any atom is 0.106 e. The molecule has 0 aromatic carbocycles. The summed E-state index contributed by atoms with van der Waals surface area (Å²) in [7, 11) is 0. The van der Waals surface area contributed by atoms with E-state index in [-0.39, 0.29) is 0 Å². The molecule has 0 saturated heterocycles. The standard InChI is InChI=1S/C12H14N2S3/c1-8-6-10(9-2-4-16-12(9)17-8)14-7-11-13-3-5-15-11/h2-5,8,10,14H,6-7H2,1H3/t8-,10?/m0/s1. The number of rotatable bonds is 3. The molecule has 0 amide bonds. The molecule has 17 heavy (non-hydrogen) atoms. The zero-order valence-corrected chi connectivity index (χ0v) is 12.0. The van der Waals surface area contributed by atoms with Crippen molar-refractivity contribution < 1.29 is 0 Å². The minimum atomic E-state index is 0.497. The van der Waals surface area contributed by atoms with Crippen LogP contribution in [0.25, 0.3) is 0 Å². The van der Waals surface area contributed by atoms with E-state index in [1.807, 2.05) is 34.7 Å². The highest BCUT2D eigenvalue weighted by molar-refractivity contribution is 8.01. The molecule has 0 spiro atoms. The largest absolute Gasteiger partial charge is 0.303 e. The van der Waals surface area contributed by atoms with Crippen molar-refractivity contribution in [2.24, 2.45) is 0 Å². The number of nitrogens with one attached hydrogen (secondary N) is 1. The Labute approximate surface area is 113 Å². The quantitative estimate of drug-likeness (QED) is 0.923. The van der Waals surface area contributed by atoms with Crippen molar-refractivity contribution in [3.05, 3.63) is 33.6 Å². The summed E-state index contributed by atoms with van der Waals surface area (Å²) in [5, 5.41) is 9.75. The monoisotopic (exact) mass is 282 g/mol. The first-order valence-corrected chi connectivity index (χ1v) is 8.32. The topological polar surface area (TPSA) is 24.9 Å². The Morgan fingerprint density at radius 2 is 2.35 bits per heavy atom. The van der Waals surface area contributed by atoms with E-state index in [9.17, 15) is 0 Å². The molecule has 0 fully saturated rings. The fraction of sp³-hybridized carbons (Fsp3) is 0.417. The minimum absolute atomic E-state index is 0.497. The summed E-state index contributed by atoms with van der Waals surface area (Å²) in [5.41, 5.74) is 1.48. The summed E-state index contributed by atoms with van der Waals surface area (Å²) < 4.78 is 1.49. The molecule has 1 unspecified atom stereocenters. The van der Waals surface area contributed by atoms with Gasteiger partial charge in [-0.2, -0.15) is 0 Å². The van der Waals surface area contributed by atoms with Crippen molar-refractivity contribution in [1.29, 1.82) is 0 Å². The van der Waals surface area contributed by atoms with E-state index in [2.05, 4.69) is 28.7 Å². The maximum absolute atomic E-state index is 4.32. The van der Waals surface area contributed by atoms with Gasteiger partial charge in [0.05, 0.1) is 4.21 Å². The van der Waals surface area contributed by atoms with Gasteiger partial charge in [-0.05, 0) is 23.4 Å². The van der Waals surface area contributed by atoms with Crippen LogP contribution in [0.5, 0.6) is 0 Å². The van der Waals surface area contributed by atoms with Gasteiger partial charge < -0.3 is 5.32 Å². The summed E-state index contributed by atoms with van der Waals surface area (Å²) in [6.45, 7) is 3.19. The molecule has 0 aliphatic carbocycles. The van der Waals surface area contributed by atoms with Crippen molar-refractivity contribution in [2.75, 3.05) is 0 Å². The van der Waals surface area contributed by atoms with Gasteiger partial charge in [-0.25, -0.2) is 4.98 Å². The lowest BCUT2D eigenvalue weighted by Gasteiger charge is -2.27. The van der Waals surface area contributed by atoms with E-state index < -0.39 is 0 Å². The van der Waals surface area contributed by atoms with E-state index in [4.69, 9.17) is 0 Å². The molecule has 1 aliphatic heterocycles. The number of thiophene rings is 1. The molecule has 2 atom stereocenters. The maximum atomic E-state index is 4.32. The van der Waals surface area contributed by atoms with Crippen LogP contribution in [0.4, 0.5) is 0 Å². The lowest BCUT2D eigenvalue weighted by atomic mass is 10.1. The first-order chi connectivity index (χ1) is 8.33. The molecule has 2 aromatic heterocycles. The van der Waals surface area contributed by atoms with Gasteiger partial charge in [0, 0.05) is 29.4 Å². The Hall–Kier alpha value is -0.360. The van der Waals surface area contributed by atoms with Crippen LogP contribution in [-0.2, 0) is 6.54 Å². The van der Waals surface area contributed by atoms with Crippen LogP contribution in [0.15, 0.2) is 27.2 Å². The molecule has 1 aliphatic rings. The van der Waals surface area contributed by atoms with Crippen LogP contribution >= 0.6 is 34.4 Å². The fourth-order valence-electron chi connectivity index (χ4n) is 2.09. The van der Waals surface area contributed by atoms with Crippen molar-refractivity contribution in [3.63, 3.8) is 0 Å². The van der Waals surface area contributed by atoms with Crippen LogP contribution in [0.3, 0.4) is 0 Å². The van der Waals surface area contributed by atoms with Crippen molar-refractivity contribution in [3.8, 4) is 0 Å². The molecule has 3 heterocycles. The molecule has 3 rings (SSSR count). The molecule has 0 saturated carbocycles. The van der Waals surface area contributed by atoms with E-state index in [0.717, 1.165) is 6.54 Å². The fourth-order valence-corrected chi connectivity index (χ4v) is 5.23. The number of fused-ring (bicyclic) bond motifs is 1. The molecule has 2 aromatic rings. The van der Waals surface area contributed by atoms with Gasteiger partial charge in [-0.3, -0.25) is 0 Å². The zero-order valence-electron chi connectivity index (χ0n) is 9.55. The summed E-state index contributed by atoms with van der Waals surface area (Å²) in [4.78, 5) is 4.32. The average Bonchev–Trinajstić information content (AvgIpc) is 2.95. The normalized spacial score (nSPS) is 23.6. The second-order valence-corrected chi connectivity index (χ2v) is 7.79. The number of aromatic nitrogens is 1. The van der Waals surface area contributed by atoms with E-state index in [1.54, 1.807) is 11.3 Å². The number of thiazole rings is 1. The van der Waals surface area contributed by atoms with Crippen LogP contribution < -0.4 is 5.32 Å². The average molecular weight is 282 g/mol. The van der Waals surface area contributed by atoms with Crippen LogP contribution in [0.2, 0.25) is 0 Å². The summed E-state index contributed by atoms with van der Waals surface area (Å²) >= 11 is 5.60. The lowest BCUT2D eigenvalue weighted by molar-refractivity contribution is 0.487. The predicted molar refractivity (Wildman–Crippen MR) is 75.9 cm³/mol. The van der Waals surface area contributed by atoms with Crippen LogP contribution in [0.1, 0.15) is 30.0 Å². The first-order valence-electron chi connectivity index (χ1n) is 5.68. The summed E-state index contributed by atoms with van der Waals surface area (Å²) in [6, 6.07) is 2.76. The van der Waals surface area contributed by atoms with Crippen molar-refractivity contribution >= 4 is 34.4 Å². The third-order valence-corrected chi connectivity index (χ3v) is 6.02. The molecule has 0 bridgehead atoms. The Morgan fingerprint density at radius 1 is 1.41 bits per heavy atom. The summed E-state index contributed by atoms with van der Waals surface area (Å²) in [6.07, 6.45) is 3.08. The summed E-state index contributed by atoms with van der Waals surface area (Å²) in [5.74, 6) is 0. The van der Waals surface area contributed by atoms with Gasteiger partial charge in [0.2, 0.25) is 0 Å². The van der Waals surface area contributed by atoms with E-state index in [1.165, 1.54) is 21.2 Å². The number of hydrogen-bond donors (Lipinski definition) is 1. The highest BCUT2D eigenvalue weighted by atomic mass is 32.2. The number of hydrogen-bond acceptors (Lipinski definition) is 5. The Morgan fingerprint density at radius 3 is 3.18 bits per heavy atom. The Bertz CT molecular complexity index is 478. The third kappa shape index (κ3) is 2.57. The van der Waals surface area contributed by atoms with Gasteiger partial charge in [-0.1, -0.05) is 6.92 Å². The molecule has 90 valence electrons. The third-order valence-electron chi connectivity index (χ3n) is 2.89. The van der Waals surface area contributed by atoms with Gasteiger partial charge in [0.15, 0.2) is 0 Å². The van der Waals surface area contributed by atoms with Crippen LogP contribution in [0, 0.1) is 0 Å². The SMILES string of the molecule is C[C@H]1CC(NCc2nccs2)c2ccsc2S1. The van der Waals surface area contributed by atoms with Crippen molar-refractivity contribution in [2.45, 2.75) is 35.4 Å². The Kier molecular flexibility index (Phi) is 3.51. The van der Waals surface area contributed by atoms with Gasteiger partial charge in [0.1, 0.15) is 5.01 Å². The highest BCUT2D eigenvalue weighted by Crippen LogP contribution is 2.43. The van der Waals surface area contributed by atoms with E-state index in [0.29, 0.717) is 11.3 Å². The number of thioether (sulfide) groups is 1. The Balaban J connectivity index is 1.71. The number of nitrogens with zero attached hydrogens (tertiary/aromatic N) is 1. The second-order valence-electron chi connectivity index (χ2n) is 4.19. The smallest absolute Gasteiger partial charge is 0.106 e. The second kappa shape index (κ2) is 5.10. The predicted octanol–water partition coefficient (Wildman–Crippen LogP) is 3.92. The zero-order chi connectivity index (χ0) is 11.7. The molecule has 5 heteroatoms. The molecule has 1 N–H and O–H groups in total. The first kappa shape index (κ1) is 11.7. The molecule has 2 nitrogen and oxygen atoms in total. The van der Waals surface area contributed by atoms with Gasteiger partial charge in [-0.15, -0.1) is 34.4 Å². The lowest BCUT2D eigenvalue weighted by Crippen LogP contribution is -2.25. The molecule has 0 radical (unpaired) electrons.